The van der Waals surface area contributed by atoms with Crippen molar-refractivity contribution in [1.82, 2.24) is 5.32 Å². The van der Waals surface area contributed by atoms with E-state index >= 15 is 0 Å². The summed E-state index contributed by atoms with van der Waals surface area (Å²) < 4.78 is 5.96. The van der Waals surface area contributed by atoms with E-state index in [1.54, 1.807) is 0 Å². The van der Waals surface area contributed by atoms with Gasteiger partial charge in [0, 0.05) is 5.39 Å². The highest BCUT2D eigenvalue weighted by atomic mass is 32.2. The molecule has 0 spiro atoms. The summed E-state index contributed by atoms with van der Waals surface area (Å²) in [5, 5.41) is 4.62. The largest absolute Gasteiger partial charge is 0.459 e. The van der Waals surface area contributed by atoms with Crippen LogP contribution in [0.15, 0.2) is 34.7 Å². The molecule has 2 heterocycles. The Morgan fingerprint density at radius 2 is 2.29 bits per heavy atom. The molecule has 3 heteroatoms. The fourth-order valence-corrected chi connectivity index (χ4v) is 3.88. The van der Waals surface area contributed by atoms with E-state index in [2.05, 4.69) is 23.5 Å². The summed E-state index contributed by atoms with van der Waals surface area (Å²) in [6.45, 7) is 0. The first-order valence-electron chi connectivity index (χ1n) is 6.12. The van der Waals surface area contributed by atoms with Gasteiger partial charge in [0.1, 0.15) is 11.3 Å². The summed E-state index contributed by atoms with van der Waals surface area (Å²) >= 11 is 2.05. The van der Waals surface area contributed by atoms with Crippen molar-refractivity contribution >= 4 is 22.7 Å². The van der Waals surface area contributed by atoms with Gasteiger partial charge in [0.15, 0.2) is 0 Å². The molecule has 0 saturated carbocycles. The Kier molecular flexibility index (Phi) is 3.12. The van der Waals surface area contributed by atoms with E-state index in [1.165, 1.54) is 23.3 Å². The number of furan rings is 1. The second-order valence-electron chi connectivity index (χ2n) is 4.58. The van der Waals surface area contributed by atoms with Crippen molar-refractivity contribution in [3.8, 4) is 0 Å². The number of fused-ring (bicyclic) bond motifs is 1. The molecule has 1 aliphatic rings. The minimum Gasteiger partial charge on any atom is -0.459 e. The number of nitrogens with one attached hydrogen (secondary N) is 1. The Hall–Kier alpha value is -0.930. The molecule has 1 aromatic heterocycles. The van der Waals surface area contributed by atoms with Crippen LogP contribution in [0.5, 0.6) is 0 Å². The van der Waals surface area contributed by atoms with Gasteiger partial charge >= 0.3 is 0 Å². The first kappa shape index (κ1) is 11.2. The third kappa shape index (κ3) is 2.09. The minimum absolute atomic E-state index is 0.359. The topological polar surface area (TPSA) is 25.2 Å². The molecule has 2 aromatic rings. The quantitative estimate of drug-likeness (QED) is 0.899. The van der Waals surface area contributed by atoms with Gasteiger partial charge in [-0.15, -0.1) is 0 Å². The molecule has 2 nitrogen and oxygen atoms in total. The molecule has 1 aliphatic heterocycles. The van der Waals surface area contributed by atoms with Crippen LogP contribution < -0.4 is 5.32 Å². The SMILES string of the molecule is CNC(c1cc2ccccc2o1)C1CCSC1. The summed E-state index contributed by atoms with van der Waals surface area (Å²) in [5.41, 5.74) is 0.994. The van der Waals surface area contributed by atoms with E-state index in [0.29, 0.717) is 12.0 Å². The highest BCUT2D eigenvalue weighted by Crippen LogP contribution is 2.35. The van der Waals surface area contributed by atoms with Crippen molar-refractivity contribution in [2.24, 2.45) is 5.92 Å². The van der Waals surface area contributed by atoms with Crippen LogP contribution in [0.2, 0.25) is 0 Å². The van der Waals surface area contributed by atoms with Gasteiger partial charge in [-0.2, -0.15) is 11.8 Å². The monoisotopic (exact) mass is 247 g/mol. The van der Waals surface area contributed by atoms with Crippen LogP contribution in [-0.4, -0.2) is 18.6 Å². The normalized spacial score (nSPS) is 22.1. The highest BCUT2D eigenvalue weighted by Gasteiger charge is 2.27. The van der Waals surface area contributed by atoms with Crippen LogP contribution in [-0.2, 0) is 0 Å². The van der Waals surface area contributed by atoms with Crippen LogP contribution in [0.1, 0.15) is 18.2 Å². The van der Waals surface area contributed by atoms with Gasteiger partial charge in [-0.1, -0.05) is 18.2 Å². The van der Waals surface area contributed by atoms with Crippen molar-refractivity contribution in [2.75, 3.05) is 18.6 Å². The van der Waals surface area contributed by atoms with Crippen LogP contribution in [0.4, 0.5) is 0 Å². The minimum atomic E-state index is 0.359. The Bertz CT molecular complexity index is 469. The number of rotatable bonds is 3. The predicted octanol–water partition coefficient (Wildman–Crippen LogP) is 3.45. The van der Waals surface area contributed by atoms with Gasteiger partial charge in [-0.25, -0.2) is 0 Å². The van der Waals surface area contributed by atoms with E-state index < -0.39 is 0 Å². The van der Waals surface area contributed by atoms with E-state index in [9.17, 15) is 0 Å². The third-order valence-corrected chi connectivity index (χ3v) is 4.69. The number of para-hydroxylation sites is 1. The van der Waals surface area contributed by atoms with Crippen molar-refractivity contribution in [3.63, 3.8) is 0 Å². The molecule has 1 saturated heterocycles. The summed E-state index contributed by atoms with van der Waals surface area (Å²) in [7, 11) is 2.03. The smallest absolute Gasteiger partial charge is 0.134 e. The molecule has 0 bridgehead atoms. The molecular weight excluding hydrogens is 230 g/mol. The number of hydrogen-bond donors (Lipinski definition) is 1. The summed E-state index contributed by atoms with van der Waals surface area (Å²) in [4.78, 5) is 0. The number of hydrogen-bond acceptors (Lipinski definition) is 3. The molecule has 3 rings (SSSR count). The zero-order valence-electron chi connectivity index (χ0n) is 9.98. The fourth-order valence-electron chi connectivity index (χ4n) is 2.58. The summed E-state index contributed by atoms with van der Waals surface area (Å²) in [6.07, 6.45) is 1.28. The molecule has 1 fully saturated rings. The molecule has 90 valence electrons. The van der Waals surface area contributed by atoms with Crippen molar-refractivity contribution in [3.05, 3.63) is 36.1 Å². The van der Waals surface area contributed by atoms with E-state index in [-0.39, 0.29) is 0 Å². The van der Waals surface area contributed by atoms with E-state index in [1.807, 2.05) is 30.9 Å². The molecule has 2 atom stereocenters. The molecule has 0 aliphatic carbocycles. The fraction of sp³-hybridized carbons (Fsp3) is 0.429. The lowest BCUT2D eigenvalue weighted by atomic mass is 9.97. The Morgan fingerprint density at radius 1 is 1.41 bits per heavy atom. The molecular formula is C14H17NOS. The average molecular weight is 247 g/mol. The van der Waals surface area contributed by atoms with Crippen LogP contribution >= 0.6 is 11.8 Å². The maximum Gasteiger partial charge on any atom is 0.134 e. The molecule has 0 radical (unpaired) electrons. The first-order valence-corrected chi connectivity index (χ1v) is 7.27. The average Bonchev–Trinajstić information content (AvgIpc) is 2.98. The zero-order chi connectivity index (χ0) is 11.7. The standard InChI is InChI=1S/C14H17NOS/c1-15-14(11-6-7-17-9-11)13-8-10-4-2-3-5-12(10)16-13/h2-5,8,11,14-15H,6-7,9H2,1H3. The van der Waals surface area contributed by atoms with Gasteiger partial charge in [-0.05, 0) is 43.0 Å². The van der Waals surface area contributed by atoms with Gasteiger partial charge in [0.05, 0.1) is 6.04 Å². The van der Waals surface area contributed by atoms with Crippen molar-refractivity contribution in [1.29, 1.82) is 0 Å². The zero-order valence-corrected chi connectivity index (χ0v) is 10.8. The molecule has 1 N–H and O–H groups in total. The Labute approximate surface area is 106 Å². The van der Waals surface area contributed by atoms with Gasteiger partial charge in [0.25, 0.3) is 0 Å². The molecule has 0 amide bonds. The molecule has 17 heavy (non-hydrogen) atoms. The lowest BCUT2D eigenvalue weighted by molar-refractivity contribution is 0.357. The van der Waals surface area contributed by atoms with Gasteiger partial charge in [0.2, 0.25) is 0 Å². The van der Waals surface area contributed by atoms with Crippen LogP contribution in [0, 0.1) is 5.92 Å². The molecule has 1 aromatic carbocycles. The third-order valence-electron chi connectivity index (χ3n) is 3.50. The second-order valence-corrected chi connectivity index (χ2v) is 5.73. The van der Waals surface area contributed by atoms with Crippen LogP contribution in [0.25, 0.3) is 11.0 Å². The van der Waals surface area contributed by atoms with E-state index in [4.69, 9.17) is 4.42 Å². The summed E-state index contributed by atoms with van der Waals surface area (Å²) in [6, 6.07) is 10.8. The van der Waals surface area contributed by atoms with Crippen molar-refractivity contribution < 1.29 is 4.42 Å². The maximum absolute atomic E-state index is 5.96. The van der Waals surface area contributed by atoms with Gasteiger partial charge < -0.3 is 9.73 Å². The lowest BCUT2D eigenvalue weighted by Crippen LogP contribution is -2.24. The van der Waals surface area contributed by atoms with Crippen molar-refractivity contribution in [2.45, 2.75) is 12.5 Å². The Balaban J connectivity index is 1.94. The van der Waals surface area contributed by atoms with Gasteiger partial charge in [-0.3, -0.25) is 0 Å². The molecule has 2 unspecified atom stereocenters. The summed E-state index contributed by atoms with van der Waals surface area (Å²) in [5.74, 6) is 4.30. The Morgan fingerprint density at radius 3 is 3.00 bits per heavy atom. The highest BCUT2D eigenvalue weighted by molar-refractivity contribution is 7.99. The number of benzene rings is 1. The number of thioether (sulfide) groups is 1. The maximum atomic E-state index is 5.96. The first-order chi connectivity index (χ1) is 8.38. The van der Waals surface area contributed by atoms with E-state index in [0.717, 1.165) is 11.3 Å². The second kappa shape index (κ2) is 4.75. The predicted molar refractivity (Wildman–Crippen MR) is 73.4 cm³/mol. The lowest BCUT2D eigenvalue weighted by Gasteiger charge is -2.19. The van der Waals surface area contributed by atoms with Crippen LogP contribution in [0.3, 0.4) is 0 Å².